The number of morpholine rings is 1. The lowest BCUT2D eigenvalue weighted by molar-refractivity contribution is -0.124. The number of rotatable bonds is 5. The first kappa shape index (κ1) is 14.8. The van der Waals surface area contributed by atoms with Crippen molar-refractivity contribution in [2.24, 2.45) is 0 Å². The molecule has 0 aliphatic carbocycles. The minimum absolute atomic E-state index is 0.00273. The number of ether oxygens (including phenoxy) is 1. The van der Waals surface area contributed by atoms with Crippen molar-refractivity contribution in [2.45, 2.75) is 19.5 Å². The molecule has 1 saturated heterocycles. The van der Waals surface area contributed by atoms with Gasteiger partial charge in [0.05, 0.1) is 13.2 Å². The predicted molar refractivity (Wildman–Crippen MR) is 79.8 cm³/mol. The minimum atomic E-state index is -0.253. The Kier molecular flexibility index (Phi) is 5.38. The molecule has 1 atom stereocenters. The number of nitrogens with zero attached hydrogens (tertiary/aromatic N) is 1. The second-order valence-corrected chi connectivity index (χ2v) is 4.81. The van der Waals surface area contributed by atoms with Crippen LogP contribution in [-0.4, -0.2) is 45.3 Å². The highest BCUT2D eigenvalue weighted by Gasteiger charge is 2.29. The molecule has 0 radical (unpaired) electrons. The number of carbonyl (C=O) groups is 1. The molecule has 2 rings (SSSR count). The van der Waals surface area contributed by atoms with Crippen LogP contribution in [0.4, 0.5) is 5.69 Å². The summed E-state index contributed by atoms with van der Waals surface area (Å²) >= 11 is 0. The number of carbonyl (C=O) groups excluding carboxylic acids is 1. The number of nitrogens with one attached hydrogen (secondary N) is 2. The first-order valence-electron chi connectivity index (χ1n) is 7.12. The van der Waals surface area contributed by atoms with Gasteiger partial charge in [0.15, 0.2) is 0 Å². The third-order valence-electron chi connectivity index (χ3n) is 3.54. The monoisotopic (exact) mass is 277 g/mol. The zero-order valence-electron chi connectivity index (χ0n) is 12.2. The lowest BCUT2D eigenvalue weighted by atomic mass is 10.1. The van der Waals surface area contributed by atoms with E-state index in [1.54, 1.807) is 7.05 Å². The van der Waals surface area contributed by atoms with Crippen molar-refractivity contribution in [3.05, 3.63) is 29.8 Å². The number of likely N-dealkylation sites (N-methyl/N-ethyl adjacent to an activating group) is 1. The van der Waals surface area contributed by atoms with Gasteiger partial charge < -0.3 is 20.3 Å². The highest BCUT2D eigenvalue weighted by Crippen LogP contribution is 2.24. The van der Waals surface area contributed by atoms with E-state index in [9.17, 15) is 4.79 Å². The van der Waals surface area contributed by atoms with Crippen molar-refractivity contribution >= 4 is 11.6 Å². The van der Waals surface area contributed by atoms with Crippen molar-refractivity contribution < 1.29 is 9.53 Å². The van der Waals surface area contributed by atoms with Crippen LogP contribution in [0.25, 0.3) is 0 Å². The van der Waals surface area contributed by atoms with Crippen molar-refractivity contribution in [3.8, 4) is 0 Å². The molecule has 5 nitrogen and oxygen atoms in total. The highest BCUT2D eigenvalue weighted by atomic mass is 16.5. The Hall–Kier alpha value is -1.59. The molecular formula is C15H23N3O2. The Morgan fingerprint density at radius 3 is 3.00 bits per heavy atom. The molecule has 1 fully saturated rings. The predicted octanol–water partition coefficient (Wildman–Crippen LogP) is 0.747. The molecule has 2 N–H and O–H groups in total. The topological polar surface area (TPSA) is 53.6 Å². The average Bonchev–Trinajstić information content (AvgIpc) is 2.52. The van der Waals surface area contributed by atoms with E-state index in [2.05, 4.69) is 34.6 Å². The average molecular weight is 277 g/mol. The Balaban J connectivity index is 2.25. The second-order valence-electron chi connectivity index (χ2n) is 4.81. The smallest absolute Gasteiger partial charge is 0.244 e. The van der Waals surface area contributed by atoms with E-state index in [1.165, 1.54) is 5.56 Å². The number of para-hydroxylation sites is 1. The van der Waals surface area contributed by atoms with Gasteiger partial charge in [-0.1, -0.05) is 25.1 Å². The molecule has 1 aromatic rings. The summed E-state index contributed by atoms with van der Waals surface area (Å²) in [6.07, 6.45) is 0. The maximum atomic E-state index is 12.0. The van der Waals surface area contributed by atoms with Gasteiger partial charge >= 0.3 is 0 Å². The summed E-state index contributed by atoms with van der Waals surface area (Å²) in [4.78, 5) is 14.2. The number of anilines is 1. The molecule has 1 unspecified atom stereocenters. The largest absolute Gasteiger partial charge is 0.377 e. The summed E-state index contributed by atoms with van der Waals surface area (Å²) in [7, 11) is 1.67. The quantitative estimate of drug-likeness (QED) is 0.834. The van der Waals surface area contributed by atoms with Crippen LogP contribution in [0.1, 0.15) is 12.5 Å². The SMILES string of the molecule is CCNCc1ccccc1N1CCOCC1C(=O)NC. The van der Waals surface area contributed by atoms with Gasteiger partial charge in [-0.3, -0.25) is 4.79 Å². The summed E-state index contributed by atoms with van der Waals surface area (Å²) in [6, 6.07) is 7.98. The van der Waals surface area contributed by atoms with Crippen molar-refractivity contribution in [1.82, 2.24) is 10.6 Å². The highest BCUT2D eigenvalue weighted by molar-refractivity contribution is 5.85. The van der Waals surface area contributed by atoms with E-state index in [0.717, 1.165) is 25.3 Å². The van der Waals surface area contributed by atoms with Crippen molar-refractivity contribution in [1.29, 1.82) is 0 Å². The van der Waals surface area contributed by atoms with Gasteiger partial charge in [-0.2, -0.15) is 0 Å². The normalized spacial score (nSPS) is 18.9. The zero-order valence-corrected chi connectivity index (χ0v) is 12.2. The zero-order chi connectivity index (χ0) is 14.4. The van der Waals surface area contributed by atoms with Gasteiger partial charge in [0, 0.05) is 25.8 Å². The third-order valence-corrected chi connectivity index (χ3v) is 3.54. The van der Waals surface area contributed by atoms with E-state index >= 15 is 0 Å². The number of hydrogen-bond acceptors (Lipinski definition) is 4. The molecule has 1 aliphatic heterocycles. The lowest BCUT2D eigenvalue weighted by Gasteiger charge is -2.37. The fraction of sp³-hybridized carbons (Fsp3) is 0.533. The summed E-state index contributed by atoms with van der Waals surface area (Å²) in [5.74, 6) is 0.00273. The molecule has 0 spiro atoms. The summed E-state index contributed by atoms with van der Waals surface area (Å²) in [5.41, 5.74) is 2.33. The van der Waals surface area contributed by atoms with Gasteiger partial charge in [0.2, 0.25) is 5.91 Å². The fourth-order valence-corrected chi connectivity index (χ4v) is 2.48. The van der Waals surface area contributed by atoms with Gasteiger partial charge in [0.25, 0.3) is 0 Å². The van der Waals surface area contributed by atoms with E-state index in [0.29, 0.717) is 13.2 Å². The van der Waals surface area contributed by atoms with Gasteiger partial charge in [-0.05, 0) is 18.2 Å². The van der Waals surface area contributed by atoms with Gasteiger partial charge in [-0.25, -0.2) is 0 Å². The Morgan fingerprint density at radius 1 is 1.45 bits per heavy atom. The third kappa shape index (κ3) is 3.29. The van der Waals surface area contributed by atoms with E-state index in [-0.39, 0.29) is 11.9 Å². The Bertz CT molecular complexity index is 450. The molecule has 1 amide bonds. The van der Waals surface area contributed by atoms with Gasteiger partial charge in [0.1, 0.15) is 6.04 Å². The molecule has 110 valence electrons. The Morgan fingerprint density at radius 2 is 2.25 bits per heavy atom. The molecule has 0 bridgehead atoms. The van der Waals surface area contributed by atoms with Crippen LogP contribution in [0, 0.1) is 0 Å². The van der Waals surface area contributed by atoms with Crippen LogP contribution >= 0.6 is 0 Å². The molecule has 0 aromatic heterocycles. The standard InChI is InChI=1S/C15H23N3O2/c1-3-17-10-12-6-4-5-7-13(12)18-8-9-20-11-14(18)15(19)16-2/h4-7,14,17H,3,8-11H2,1-2H3,(H,16,19). The molecule has 1 aromatic carbocycles. The van der Waals surface area contributed by atoms with Gasteiger partial charge in [-0.15, -0.1) is 0 Å². The van der Waals surface area contributed by atoms with E-state index < -0.39 is 0 Å². The van der Waals surface area contributed by atoms with Crippen LogP contribution in [-0.2, 0) is 16.1 Å². The number of hydrogen-bond donors (Lipinski definition) is 2. The number of benzene rings is 1. The molecule has 5 heteroatoms. The van der Waals surface area contributed by atoms with Crippen molar-refractivity contribution in [3.63, 3.8) is 0 Å². The summed E-state index contributed by atoms with van der Waals surface area (Å²) in [6.45, 7) is 5.66. The van der Waals surface area contributed by atoms with E-state index in [4.69, 9.17) is 4.74 Å². The van der Waals surface area contributed by atoms with Crippen LogP contribution in [0.5, 0.6) is 0 Å². The summed E-state index contributed by atoms with van der Waals surface area (Å²) in [5, 5.41) is 6.06. The van der Waals surface area contributed by atoms with Crippen LogP contribution in [0.2, 0.25) is 0 Å². The van der Waals surface area contributed by atoms with Crippen LogP contribution in [0.15, 0.2) is 24.3 Å². The van der Waals surface area contributed by atoms with Crippen molar-refractivity contribution in [2.75, 3.05) is 38.3 Å². The molecular weight excluding hydrogens is 254 g/mol. The molecule has 20 heavy (non-hydrogen) atoms. The summed E-state index contributed by atoms with van der Waals surface area (Å²) < 4.78 is 5.46. The molecule has 1 aliphatic rings. The van der Waals surface area contributed by atoms with Crippen LogP contribution < -0.4 is 15.5 Å². The lowest BCUT2D eigenvalue weighted by Crippen LogP contribution is -2.53. The maximum Gasteiger partial charge on any atom is 0.244 e. The maximum absolute atomic E-state index is 12.0. The first-order valence-corrected chi connectivity index (χ1v) is 7.12. The Labute approximate surface area is 120 Å². The second kappa shape index (κ2) is 7.26. The molecule has 0 saturated carbocycles. The number of amides is 1. The van der Waals surface area contributed by atoms with E-state index in [1.807, 2.05) is 12.1 Å². The molecule has 1 heterocycles. The minimum Gasteiger partial charge on any atom is -0.377 e. The fourth-order valence-electron chi connectivity index (χ4n) is 2.48. The van der Waals surface area contributed by atoms with Crippen LogP contribution in [0.3, 0.4) is 0 Å². The first-order chi connectivity index (χ1) is 9.77.